The first-order valence-corrected chi connectivity index (χ1v) is 4.64. The van der Waals surface area contributed by atoms with E-state index in [1.807, 2.05) is 0 Å². The van der Waals surface area contributed by atoms with Crippen LogP contribution in [0.15, 0.2) is 36.7 Å². The van der Waals surface area contributed by atoms with Gasteiger partial charge in [0.1, 0.15) is 12.4 Å². The van der Waals surface area contributed by atoms with Crippen molar-refractivity contribution in [1.29, 1.82) is 0 Å². The van der Waals surface area contributed by atoms with Crippen LogP contribution in [0, 0.1) is 5.95 Å². The zero-order valence-electron chi connectivity index (χ0n) is 8.30. The van der Waals surface area contributed by atoms with Crippen molar-refractivity contribution in [3.63, 3.8) is 0 Å². The first-order chi connectivity index (χ1) is 7.74. The third kappa shape index (κ3) is 2.63. The van der Waals surface area contributed by atoms with Crippen LogP contribution in [0.5, 0.6) is 0 Å². The summed E-state index contributed by atoms with van der Waals surface area (Å²) in [5, 5.41) is 6.35. The number of nitrogens with zero attached hydrogens (tertiary/aromatic N) is 3. The summed E-state index contributed by atoms with van der Waals surface area (Å²) in [6.07, 6.45) is 3.24. The molecule has 1 amide bonds. The minimum absolute atomic E-state index is 0.0746. The van der Waals surface area contributed by atoms with Crippen LogP contribution in [0.2, 0.25) is 0 Å². The molecule has 0 unspecified atom stereocenters. The van der Waals surface area contributed by atoms with Gasteiger partial charge in [0.25, 0.3) is 0 Å². The van der Waals surface area contributed by atoms with Crippen LogP contribution in [0.1, 0.15) is 0 Å². The summed E-state index contributed by atoms with van der Waals surface area (Å²) in [4.78, 5) is 15.0. The zero-order valence-corrected chi connectivity index (χ0v) is 8.30. The molecule has 2 aromatic rings. The van der Waals surface area contributed by atoms with E-state index >= 15 is 0 Å². The fraction of sp³-hybridized carbons (Fsp3) is 0.100. The van der Waals surface area contributed by atoms with E-state index in [1.54, 1.807) is 18.5 Å². The monoisotopic (exact) mass is 220 g/mol. The molecule has 82 valence electrons. The van der Waals surface area contributed by atoms with Crippen LogP contribution in [0.25, 0.3) is 0 Å². The quantitative estimate of drug-likeness (QED) is 0.786. The summed E-state index contributed by atoms with van der Waals surface area (Å²) >= 11 is 0. The molecule has 0 saturated carbocycles. The number of nitrogens with one attached hydrogen (secondary N) is 1. The SMILES string of the molecule is O=C(Cn1cccn1)Nc1cccc(F)n1. The Bertz CT molecular complexity index is 483. The number of aromatic nitrogens is 3. The Morgan fingerprint density at radius 3 is 3.00 bits per heavy atom. The maximum Gasteiger partial charge on any atom is 0.247 e. The molecule has 6 heteroatoms. The van der Waals surface area contributed by atoms with E-state index in [0.717, 1.165) is 0 Å². The van der Waals surface area contributed by atoms with Gasteiger partial charge in [-0.25, -0.2) is 4.98 Å². The van der Waals surface area contributed by atoms with Crippen molar-refractivity contribution in [2.45, 2.75) is 6.54 Å². The first-order valence-electron chi connectivity index (χ1n) is 4.64. The highest BCUT2D eigenvalue weighted by Crippen LogP contribution is 2.03. The number of pyridine rings is 1. The van der Waals surface area contributed by atoms with Gasteiger partial charge >= 0.3 is 0 Å². The molecule has 5 nitrogen and oxygen atoms in total. The number of carbonyl (C=O) groups is 1. The maximum atomic E-state index is 12.7. The minimum Gasteiger partial charge on any atom is -0.309 e. The molecule has 0 aliphatic heterocycles. The predicted molar refractivity (Wildman–Crippen MR) is 55.1 cm³/mol. The van der Waals surface area contributed by atoms with Crippen LogP contribution >= 0.6 is 0 Å². The number of amides is 1. The van der Waals surface area contributed by atoms with E-state index < -0.39 is 5.95 Å². The summed E-state index contributed by atoms with van der Waals surface area (Å²) in [5.74, 6) is -0.740. The van der Waals surface area contributed by atoms with Gasteiger partial charge in [-0.3, -0.25) is 9.48 Å². The molecule has 0 atom stereocenters. The van der Waals surface area contributed by atoms with Gasteiger partial charge in [-0.15, -0.1) is 0 Å². The molecule has 1 N–H and O–H groups in total. The fourth-order valence-electron chi connectivity index (χ4n) is 1.20. The van der Waals surface area contributed by atoms with Crippen molar-refractivity contribution in [2.24, 2.45) is 0 Å². The Labute approximate surface area is 90.9 Å². The lowest BCUT2D eigenvalue weighted by molar-refractivity contribution is -0.116. The zero-order chi connectivity index (χ0) is 11.4. The van der Waals surface area contributed by atoms with Crippen LogP contribution in [0.3, 0.4) is 0 Å². The number of hydrogen-bond acceptors (Lipinski definition) is 3. The molecular formula is C10H9FN4O. The summed E-state index contributed by atoms with van der Waals surface area (Å²) in [6, 6.07) is 5.92. The Morgan fingerprint density at radius 2 is 2.31 bits per heavy atom. The Hall–Kier alpha value is -2.24. The molecule has 0 saturated heterocycles. The lowest BCUT2D eigenvalue weighted by Gasteiger charge is -2.04. The van der Waals surface area contributed by atoms with E-state index in [0.29, 0.717) is 0 Å². The average molecular weight is 220 g/mol. The van der Waals surface area contributed by atoms with Crippen molar-refractivity contribution in [2.75, 3.05) is 5.32 Å². The average Bonchev–Trinajstić information content (AvgIpc) is 2.70. The van der Waals surface area contributed by atoms with Crippen LogP contribution in [-0.2, 0) is 11.3 Å². The third-order valence-electron chi connectivity index (χ3n) is 1.85. The van der Waals surface area contributed by atoms with Crippen molar-refractivity contribution in [3.8, 4) is 0 Å². The molecule has 2 aromatic heterocycles. The molecule has 0 aliphatic rings. The highest BCUT2D eigenvalue weighted by Gasteiger charge is 2.04. The molecule has 0 aromatic carbocycles. The first kappa shape index (κ1) is 10.3. The molecule has 0 bridgehead atoms. The smallest absolute Gasteiger partial charge is 0.247 e. The molecule has 16 heavy (non-hydrogen) atoms. The van der Waals surface area contributed by atoms with Gasteiger partial charge in [-0.05, 0) is 18.2 Å². The van der Waals surface area contributed by atoms with Crippen molar-refractivity contribution < 1.29 is 9.18 Å². The largest absolute Gasteiger partial charge is 0.309 e. The summed E-state index contributed by atoms with van der Waals surface area (Å²) in [5.41, 5.74) is 0. The van der Waals surface area contributed by atoms with Crippen molar-refractivity contribution in [1.82, 2.24) is 14.8 Å². The predicted octanol–water partition coefficient (Wildman–Crippen LogP) is 1.06. The minimum atomic E-state index is -0.628. The van der Waals surface area contributed by atoms with Crippen LogP contribution in [0.4, 0.5) is 10.2 Å². The maximum absolute atomic E-state index is 12.7. The molecule has 0 fully saturated rings. The van der Waals surface area contributed by atoms with E-state index in [2.05, 4.69) is 15.4 Å². The summed E-state index contributed by atoms with van der Waals surface area (Å²) < 4.78 is 14.2. The third-order valence-corrected chi connectivity index (χ3v) is 1.85. The van der Waals surface area contributed by atoms with E-state index in [4.69, 9.17) is 0 Å². The molecule has 2 rings (SSSR count). The molecule has 0 aliphatic carbocycles. The van der Waals surface area contributed by atoms with Gasteiger partial charge < -0.3 is 5.32 Å². The van der Waals surface area contributed by atoms with E-state index in [-0.39, 0.29) is 18.3 Å². The molecule has 0 radical (unpaired) electrons. The second-order valence-corrected chi connectivity index (χ2v) is 3.10. The number of carbonyl (C=O) groups excluding carboxylic acids is 1. The van der Waals surface area contributed by atoms with Crippen LogP contribution in [-0.4, -0.2) is 20.7 Å². The topological polar surface area (TPSA) is 59.8 Å². The summed E-state index contributed by atoms with van der Waals surface area (Å²) in [6.45, 7) is 0.0746. The lowest BCUT2D eigenvalue weighted by Crippen LogP contribution is -2.19. The van der Waals surface area contributed by atoms with Gasteiger partial charge in [0.2, 0.25) is 11.9 Å². The Kier molecular flexibility index (Phi) is 2.90. The van der Waals surface area contributed by atoms with Gasteiger partial charge in [0, 0.05) is 12.4 Å². The second-order valence-electron chi connectivity index (χ2n) is 3.10. The number of halogens is 1. The summed E-state index contributed by atoms with van der Waals surface area (Å²) in [7, 11) is 0. The molecular weight excluding hydrogens is 211 g/mol. The van der Waals surface area contributed by atoms with Crippen LogP contribution < -0.4 is 5.32 Å². The molecule has 2 heterocycles. The number of anilines is 1. The number of rotatable bonds is 3. The normalized spacial score (nSPS) is 10.1. The van der Waals surface area contributed by atoms with Crippen molar-refractivity contribution >= 4 is 11.7 Å². The fourth-order valence-corrected chi connectivity index (χ4v) is 1.20. The highest BCUT2D eigenvalue weighted by atomic mass is 19.1. The highest BCUT2D eigenvalue weighted by molar-refractivity contribution is 5.89. The Balaban J connectivity index is 1.97. The standard InChI is InChI=1S/C10H9FN4O/c11-8-3-1-4-9(13-8)14-10(16)7-15-6-2-5-12-15/h1-6H,7H2,(H,13,14,16). The molecule has 0 spiro atoms. The lowest BCUT2D eigenvalue weighted by atomic mass is 10.4. The van der Waals surface area contributed by atoms with E-state index in [9.17, 15) is 9.18 Å². The van der Waals surface area contributed by atoms with Gasteiger partial charge in [-0.1, -0.05) is 6.07 Å². The van der Waals surface area contributed by atoms with Gasteiger partial charge in [0.05, 0.1) is 0 Å². The van der Waals surface area contributed by atoms with Crippen molar-refractivity contribution in [3.05, 3.63) is 42.6 Å². The van der Waals surface area contributed by atoms with Gasteiger partial charge in [0.15, 0.2) is 0 Å². The number of hydrogen-bond donors (Lipinski definition) is 1. The van der Waals surface area contributed by atoms with Gasteiger partial charge in [-0.2, -0.15) is 9.49 Å². The Morgan fingerprint density at radius 1 is 1.44 bits per heavy atom. The second kappa shape index (κ2) is 4.52. The van der Waals surface area contributed by atoms with E-state index in [1.165, 1.54) is 22.9 Å².